The topological polar surface area (TPSA) is 108 Å². The minimum absolute atomic E-state index is 0.188. The van der Waals surface area contributed by atoms with Crippen LogP contribution < -0.4 is 10.9 Å². The van der Waals surface area contributed by atoms with Crippen LogP contribution in [-0.2, 0) is 24.4 Å². The predicted octanol–water partition coefficient (Wildman–Crippen LogP) is 2.26. The highest BCUT2D eigenvalue weighted by atomic mass is 28.3. The maximum atomic E-state index is 12.4. The number of nitrogens with one attached hydrogen (secondary N) is 2. The van der Waals surface area contributed by atoms with Crippen LogP contribution in [-0.4, -0.2) is 70.2 Å². The number of ether oxygens (including phenoxy) is 1. The first kappa shape index (κ1) is 23.6. The summed E-state index contributed by atoms with van der Waals surface area (Å²) in [5.74, 6) is 0.480. The summed E-state index contributed by atoms with van der Waals surface area (Å²) in [7, 11) is -1.20. The molecule has 0 aliphatic carbocycles. The number of H-pyrrole nitrogens is 1. The van der Waals surface area contributed by atoms with E-state index in [0.717, 1.165) is 25.6 Å². The predicted molar refractivity (Wildman–Crippen MR) is 132 cm³/mol. The smallest absolute Gasteiger partial charge is 0.277 e. The van der Waals surface area contributed by atoms with Crippen LogP contribution in [0.1, 0.15) is 11.1 Å². The third-order valence-electron chi connectivity index (χ3n) is 5.93. The molecule has 3 N–H and O–H groups in total. The monoisotopic (exact) mass is 470 g/mol. The molecule has 4 rings (SSSR count). The highest BCUT2D eigenvalue weighted by Gasteiger charge is 2.20. The van der Waals surface area contributed by atoms with E-state index in [9.17, 15) is 9.90 Å². The van der Waals surface area contributed by atoms with E-state index in [1.807, 2.05) is 0 Å². The van der Waals surface area contributed by atoms with Crippen LogP contribution in [0.5, 0.6) is 0 Å². The minimum Gasteiger partial charge on any atom is -0.390 e. The molecule has 2 aromatic heterocycles. The molecule has 178 valence electrons. The number of β-amino-alcohol motifs (C(OH)–C–C–N with tert-alkyl or cyclic N) is 1. The normalized spacial score (nSPS) is 15.5. The second-order valence-electron chi connectivity index (χ2n) is 9.91. The van der Waals surface area contributed by atoms with Crippen LogP contribution >= 0.6 is 0 Å². The number of rotatable bonds is 10. The van der Waals surface area contributed by atoms with Crippen molar-refractivity contribution in [2.24, 2.45) is 0 Å². The molecule has 1 atom stereocenters. The van der Waals surface area contributed by atoms with Gasteiger partial charge >= 0.3 is 0 Å². The number of aliphatic hydroxyl groups is 1. The number of nitrogens with zero attached hydrogens (tertiary/aromatic N) is 4. The molecule has 0 spiro atoms. The Hall–Kier alpha value is -2.53. The van der Waals surface area contributed by atoms with Crippen molar-refractivity contribution in [3.8, 4) is 0 Å². The summed E-state index contributed by atoms with van der Waals surface area (Å²) in [5.41, 5.74) is 3.30. The molecule has 33 heavy (non-hydrogen) atoms. The number of hydrogen-bond acceptors (Lipinski definition) is 7. The van der Waals surface area contributed by atoms with E-state index < -0.39 is 14.2 Å². The largest absolute Gasteiger partial charge is 0.390 e. The summed E-state index contributed by atoms with van der Waals surface area (Å²) in [6.45, 7) is 10.4. The third kappa shape index (κ3) is 6.08. The van der Waals surface area contributed by atoms with Gasteiger partial charge < -0.3 is 20.1 Å². The average molecular weight is 471 g/mol. The van der Waals surface area contributed by atoms with Gasteiger partial charge in [0.15, 0.2) is 11.3 Å². The second kappa shape index (κ2) is 10.2. The third-order valence-corrected chi connectivity index (χ3v) is 7.63. The van der Waals surface area contributed by atoms with Gasteiger partial charge in [0.2, 0.25) is 0 Å². The zero-order chi connectivity index (χ0) is 23.4. The Morgan fingerprint density at radius 3 is 2.85 bits per heavy atom. The van der Waals surface area contributed by atoms with E-state index >= 15 is 0 Å². The van der Waals surface area contributed by atoms with E-state index in [2.05, 4.69) is 69.2 Å². The number of aromatic nitrogens is 4. The Morgan fingerprint density at radius 2 is 2.06 bits per heavy atom. The molecule has 3 aromatic rings. The second-order valence-corrected chi connectivity index (χ2v) is 15.5. The molecule has 0 saturated heterocycles. The zero-order valence-corrected chi connectivity index (χ0v) is 20.7. The summed E-state index contributed by atoms with van der Waals surface area (Å²) in [5, 5.41) is 18.3. The highest BCUT2D eigenvalue weighted by Crippen LogP contribution is 2.20. The number of fused-ring (bicyclic) bond motifs is 2. The molecule has 0 radical (unpaired) electrons. The Bertz CT molecular complexity index is 1140. The lowest BCUT2D eigenvalue weighted by molar-refractivity contribution is 0.0817. The Morgan fingerprint density at radius 1 is 1.27 bits per heavy atom. The van der Waals surface area contributed by atoms with Crippen LogP contribution in [0, 0.1) is 0 Å². The van der Waals surface area contributed by atoms with Crippen LogP contribution in [0.2, 0.25) is 25.7 Å². The maximum absolute atomic E-state index is 12.4. The molecule has 0 bridgehead atoms. The number of hydrogen-bond donors (Lipinski definition) is 3. The fourth-order valence-electron chi connectivity index (χ4n) is 4.05. The first-order chi connectivity index (χ1) is 15.8. The Labute approximate surface area is 194 Å². The first-order valence-electron chi connectivity index (χ1n) is 11.5. The molecule has 1 aromatic carbocycles. The first-order valence-corrected chi connectivity index (χ1v) is 15.2. The van der Waals surface area contributed by atoms with Gasteiger partial charge in [-0.15, -0.1) is 5.10 Å². The van der Waals surface area contributed by atoms with Crippen molar-refractivity contribution in [2.75, 3.05) is 31.6 Å². The van der Waals surface area contributed by atoms with Crippen molar-refractivity contribution < 1.29 is 9.84 Å². The number of aliphatic hydroxyl groups excluding tert-OH is 1. The van der Waals surface area contributed by atoms with Crippen LogP contribution in [0.15, 0.2) is 35.4 Å². The van der Waals surface area contributed by atoms with Crippen molar-refractivity contribution in [3.05, 3.63) is 52.1 Å². The molecule has 0 saturated carbocycles. The number of aromatic amines is 1. The molecule has 1 unspecified atom stereocenters. The van der Waals surface area contributed by atoms with Gasteiger partial charge in [-0.3, -0.25) is 9.69 Å². The van der Waals surface area contributed by atoms with Crippen molar-refractivity contribution in [3.63, 3.8) is 0 Å². The molecular weight excluding hydrogens is 436 g/mol. The van der Waals surface area contributed by atoms with Crippen LogP contribution in [0.4, 0.5) is 5.82 Å². The summed E-state index contributed by atoms with van der Waals surface area (Å²) in [6.07, 6.45) is 1.79. The van der Waals surface area contributed by atoms with Crippen LogP contribution in [0.25, 0.3) is 11.0 Å². The molecule has 0 fully saturated rings. The van der Waals surface area contributed by atoms with Crippen molar-refractivity contribution in [1.29, 1.82) is 0 Å². The van der Waals surface area contributed by atoms with Gasteiger partial charge in [-0.05, 0) is 23.6 Å². The lowest BCUT2D eigenvalue weighted by Gasteiger charge is -2.30. The summed E-state index contributed by atoms with van der Waals surface area (Å²) < 4.78 is 7.34. The quantitative estimate of drug-likeness (QED) is 0.308. The van der Waals surface area contributed by atoms with Gasteiger partial charge in [-0.25, -0.2) is 9.67 Å². The van der Waals surface area contributed by atoms with E-state index in [1.165, 1.54) is 17.5 Å². The van der Waals surface area contributed by atoms with Gasteiger partial charge in [0.25, 0.3) is 5.56 Å². The lowest BCUT2D eigenvalue weighted by atomic mass is 10.00. The van der Waals surface area contributed by atoms with Gasteiger partial charge in [0, 0.05) is 40.9 Å². The number of anilines is 1. The lowest BCUT2D eigenvalue weighted by Crippen LogP contribution is -2.39. The van der Waals surface area contributed by atoms with E-state index in [1.54, 1.807) is 4.68 Å². The van der Waals surface area contributed by atoms with Gasteiger partial charge in [0.05, 0.1) is 12.4 Å². The Balaban J connectivity index is 1.37. The van der Waals surface area contributed by atoms with Gasteiger partial charge in [0.1, 0.15) is 12.2 Å². The zero-order valence-electron chi connectivity index (χ0n) is 19.7. The molecule has 3 heterocycles. The molecule has 10 heteroatoms. The molecule has 9 nitrogen and oxygen atoms in total. The SMILES string of the molecule is C[Si](C)(C)CCOCn1nc(NCC(O)CN2CCc3ccccc3C2)c2nc[nH]c(=O)c21. The fraction of sp³-hybridized carbons (Fsp3) is 0.522. The molecule has 1 aliphatic heterocycles. The van der Waals surface area contributed by atoms with Crippen molar-refractivity contribution in [1.82, 2.24) is 24.6 Å². The van der Waals surface area contributed by atoms with Gasteiger partial charge in [-0.1, -0.05) is 43.9 Å². The molecule has 0 amide bonds. The van der Waals surface area contributed by atoms with Crippen LogP contribution in [0.3, 0.4) is 0 Å². The van der Waals surface area contributed by atoms with E-state index in [4.69, 9.17) is 4.74 Å². The minimum atomic E-state index is -1.20. The molecule has 1 aliphatic rings. The molecular formula is C23H34N6O3Si. The highest BCUT2D eigenvalue weighted by molar-refractivity contribution is 6.76. The summed E-state index contributed by atoms with van der Waals surface area (Å²) in [6, 6.07) is 9.51. The maximum Gasteiger partial charge on any atom is 0.277 e. The number of benzene rings is 1. The van der Waals surface area contributed by atoms with Crippen molar-refractivity contribution >= 4 is 24.9 Å². The van der Waals surface area contributed by atoms with E-state index in [-0.39, 0.29) is 12.3 Å². The van der Waals surface area contributed by atoms with Gasteiger partial charge in [-0.2, -0.15) is 0 Å². The Kier molecular flexibility index (Phi) is 7.28. The summed E-state index contributed by atoms with van der Waals surface area (Å²) >= 11 is 0. The fourth-order valence-corrected chi connectivity index (χ4v) is 4.81. The summed E-state index contributed by atoms with van der Waals surface area (Å²) in [4.78, 5) is 21.6. The average Bonchev–Trinajstić information content (AvgIpc) is 3.13. The van der Waals surface area contributed by atoms with Crippen molar-refractivity contribution in [2.45, 2.75) is 51.5 Å². The van der Waals surface area contributed by atoms with E-state index in [0.29, 0.717) is 36.5 Å². The standard InChI is InChI=1S/C23H34N6O3Si/c1-33(2,3)11-10-32-16-29-21-20(25-15-26-23(21)31)22(27-29)24-12-19(30)14-28-9-8-17-6-4-5-7-18(17)13-28/h4-7,15,19,30H,8-14,16H2,1-3H3,(H,24,27)(H,25,26,31).